The largest absolute Gasteiger partial charge is 0.489 e. The summed E-state index contributed by atoms with van der Waals surface area (Å²) < 4.78 is 26.3. The van der Waals surface area contributed by atoms with Gasteiger partial charge >= 0.3 is 0 Å². The number of imidazole rings is 1. The van der Waals surface area contributed by atoms with E-state index in [2.05, 4.69) is 15.5 Å². The van der Waals surface area contributed by atoms with Crippen molar-refractivity contribution < 1.29 is 18.4 Å². The Morgan fingerprint density at radius 3 is 2.66 bits per heavy atom. The molecule has 2 aromatic carbocycles. The van der Waals surface area contributed by atoms with Crippen molar-refractivity contribution in [2.75, 3.05) is 0 Å². The standard InChI is InChI=1S/C24H23FN4O3/c1-15-21(16(2)32-28-15)14-31-20-6-4-5-18(13-20)24(30)27-22(23-26-11-12-29(23)3)17-7-9-19(25)10-8-17/h4-13,22H,14H2,1-3H3,(H,27,30). The molecule has 1 atom stereocenters. The predicted octanol–water partition coefficient (Wildman–Crippen LogP) is 4.26. The van der Waals surface area contributed by atoms with Crippen LogP contribution in [-0.2, 0) is 13.7 Å². The second-order valence-corrected chi connectivity index (χ2v) is 7.47. The Morgan fingerprint density at radius 1 is 1.22 bits per heavy atom. The van der Waals surface area contributed by atoms with Gasteiger partial charge in [-0.2, -0.15) is 0 Å². The minimum Gasteiger partial charge on any atom is -0.489 e. The van der Waals surface area contributed by atoms with Crippen LogP contribution in [0.3, 0.4) is 0 Å². The van der Waals surface area contributed by atoms with Gasteiger partial charge in [0.05, 0.1) is 11.3 Å². The summed E-state index contributed by atoms with van der Waals surface area (Å²) in [5, 5.41) is 6.92. The first kappa shape index (κ1) is 21.3. The van der Waals surface area contributed by atoms with Crippen LogP contribution in [0.25, 0.3) is 0 Å². The number of ether oxygens (including phenoxy) is 1. The van der Waals surface area contributed by atoms with Gasteiger partial charge < -0.3 is 19.1 Å². The second-order valence-electron chi connectivity index (χ2n) is 7.47. The van der Waals surface area contributed by atoms with Crippen LogP contribution < -0.4 is 10.1 Å². The third-order valence-corrected chi connectivity index (χ3v) is 5.26. The average Bonchev–Trinajstić information content (AvgIpc) is 3.36. The number of rotatable bonds is 7. The molecule has 0 fully saturated rings. The Hall–Kier alpha value is -3.94. The van der Waals surface area contributed by atoms with Gasteiger partial charge in [-0.3, -0.25) is 4.79 Å². The minimum atomic E-state index is -0.546. The van der Waals surface area contributed by atoms with Crippen molar-refractivity contribution in [3.8, 4) is 5.75 Å². The molecule has 0 aliphatic rings. The van der Waals surface area contributed by atoms with Crippen molar-refractivity contribution in [1.29, 1.82) is 0 Å². The molecule has 0 bridgehead atoms. The van der Waals surface area contributed by atoms with Crippen molar-refractivity contribution >= 4 is 5.91 Å². The van der Waals surface area contributed by atoms with E-state index in [1.54, 1.807) is 48.8 Å². The van der Waals surface area contributed by atoms with Gasteiger partial charge in [0.2, 0.25) is 0 Å². The average molecular weight is 434 g/mol. The molecule has 0 aliphatic heterocycles. The van der Waals surface area contributed by atoms with Crippen LogP contribution in [0.15, 0.2) is 65.4 Å². The summed E-state index contributed by atoms with van der Waals surface area (Å²) in [6.45, 7) is 3.97. The molecule has 7 nitrogen and oxygen atoms in total. The maximum atomic E-state index is 13.4. The number of nitrogens with one attached hydrogen (secondary N) is 1. The number of amides is 1. The van der Waals surface area contributed by atoms with Gasteiger partial charge in [-0.1, -0.05) is 23.4 Å². The Kier molecular flexibility index (Phi) is 6.02. The maximum absolute atomic E-state index is 13.4. The third-order valence-electron chi connectivity index (χ3n) is 5.26. The number of hydrogen-bond acceptors (Lipinski definition) is 5. The van der Waals surface area contributed by atoms with E-state index >= 15 is 0 Å². The van der Waals surface area contributed by atoms with E-state index in [4.69, 9.17) is 9.26 Å². The quantitative estimate of drug-likeness (QED) is 0.470. The van der Waals surface area contributed by atoms with E-state index < -0.39 is 6.04 Å². The van der Waals surface area contributed by atoms with Gasteiger partial charge in [-0.25, -0.2) is 9.37 Å². The van der Waals surface area contributed by atoms with E-state index in [0.717, 1.165) is 16.8 Å². The van der Waals surface area contributed by atoms with E-state index in [9.17, 15) is 9.18 Å². The topological polar surface area (TPSA) is 82.2 Å². The highest BCUT2D eigenvalue weighted by Gasteiger charge is 2.22. The second kappa shape index (κ2) is 9.05. The zero-order valence-electron chi connectivity index (χ0n) is 18.0. The van der Waals surface area contributed by atoms with Gasteiger partial charge in [0.25, 0.3) is 5.91 Å². The molecule has 0 radical (unpaired) electrons. The highest BCUT2D eigenvalue weighted by atomic mass is 19.1. The molecule has 4 aromatic rings. The van der Waals surface area contributed by atoms with Crippen LogP contribution in [0, 0.1) is 19.7 Å². The van der Waals surface area contributed by atoms with Gasteiger partial charge in [0.1, 0.15) is 35.8 Å². The fourth-order valence-corrected chi connectivity index (χ4v) is 3.41. The Balaban J connectivity index is 1.54. The van der Waals surface area contributed by atoms with Crippen molar-refractivity contribution in [3.63, 3.8) is 0 Å². The highest BCUT2D eigenvalue weighted by molar-refractivity contribution is 5.95. The molecule has 2 aromatic heterocycles. The molecule has 164 valence electrons. The van der Waals surface area contributed by atoms with Crippen molar-refractivity contribution in [2.45, 2.75) is 26.5 Å². The number of nitrogens with zero attached hydrogens (tertiary/aromatic N) is 3. The summed E-state index contributed by atoms with van der Waals surface area (Å²) in [5.74, 6) is 1.24. The number of benzene rings is 2. The zero-order chi connectivity index (χ0) is 22.7. The summed E-state index contributed by atoms with van der Waals surface area (Å²) in [6.07, 6.45) is 3.45. The predicted molar refractivity (Wildman–Crippen MR) is 116 cm³/mol. The monoisotopic (exact) mass is 434 g/mol. The number of aromatic nitrogens is 3. The molecular weight excluding hydrogens is 411 g/mol. The number of aryl methyl sites for hydroxylation is 3. The van der Waals surface area contributed by atoms with Crippen LogP contribution >= 0.6 is 0 Å². The minimum absolute atomic E-state index is 0.289. The molecule has 1 N–H and O–H groups in total. The Bertz CT molecular complexity index is 1210. The first-order chi connectivity index (χ1) is 15.4. The van der Waals surface area contributed by atoms with Crippen molar-refractivity contribution in [2.24, 2.45) is 7.05 Å². The van der Waals surface area contributed by atoms with E-state index in [1.807, 2.05) is 25.5 Å². The molecule has 2 heterocycles. The molecule has 32 heavy (non-hydrogen) atoms. The van der Waals surface area contributed by atoms with E-state index in [0.29, 0.717) is 22.9 Å². The maximum Gasteiger partial charge on any atom is 0.252 e. The van der Waals surface area contributed by atoms with Crippen molar-refractivity contribution in [3.05, 3.63) is 101 Å². The zero-order valence-corrected chi connectivity index (χ0v) is 18.0. The van der Waals surface area contributed by atoms with E-state index in [-0.39, 0.29) is 18.3 Å². The van der Waals surface area contributed by atoms with Crippen LogP contribution in [0.1, 0.15) is 44.8 Å². The van der Waals surface area contributed by atoms with Crippen LogP contribution in [0.5, 0.6) is 5.75 Å². The Labute approximate surface area is 184 Å². The molecule has 0 saturated carbocycles. The molecular formula is C24H23FN4O3. The lowest BCUT2D eigenvalue weighted by molar-refractivity contribution is 0.0940. The molecule has 0 aliphatic carbocycles. The summed E-state index contributed by atoms with van der Waals surface area (Å²) in [5.41, 5.74) is 2.81. The third kappa shape index (κ3) is 4.54. The van der Waals surface area contributed by atoms with Gasteiger partial charge in [-0.15, -0.1) is 0 Å². The van der Waals surface area contributed by atoms with Gasteiger partial charge in [0.15, 0.2) is 0 Å². The lowest BCUT2D eigenvalue weighted by Gasteiger charge is -2.19. The fourth-order valence-electron chi connectivity index (χ4n) is 3.41. The van der Waals surface area contributed by atoms with Crippen molar-refractivity contribution in [1.82, 2.24) is 20.0 Å². The lowest BCUT2D eigenvalue weighted by Crippen LogP contribution is -2.31. The normalized spacial score (nSPS) is 11.9. The van der Waals surface area contributed by atoms with Gasteiger partial charge in [0, 0.05) is 25.0 Å². The fraction of sp³-hybridized carbons (Fsp3) is 0.208. The van der Waals surface area contributed by atoms with Crippen LogP contribution in [-0.4, -0.2) is 20.6 Å². The summed E-state index contributed by atoms with van der Waals surface area (Å²) in [4.78, 5) is 17.5. The first-order valence-corrected chi connectivity index (χ1v) is 10.1. The first-order valence-electron chi connectivity index (χ1n) is 10.1. The number of hydrogen-bond donors (Lipinski definition) is 1. The van der Waals surface area contributed by atoms with Gasteiger partial charge in [-0.05, 0) is 49.7 Å². The summed E-state index contributed by atoms with van der Waals surface area (Å²) >= 11 is 0. The molecule has 1 amide bonds. The van der Waals surface area contributed by atoms with Crippen LogP contribution in [0.4, 0.5) is 4.39 Å². The molecule has 0 saturated heterocycles. The molecule has 1 unspecified atom stereocenters. The Morgan fingerprint density at radius 2 is 2.00 bits per heavy atom. The molecule has 0 spiro atoms. The molecule has 4 rings (SSSR count). The summed E-state index contributed by atoms with van der Waals surface area (Å²) in [7, 11) is 1.84. The number of halogens is 1. The smallest absolute Gasteiger partial charge is 0.252 e. The number of carbonyl (C=O) groups excluding carboxylic acids is 1. The summed E-state index contributed by atoms with van der Waals surface area (Å²) in [6, 6.07) is 12.4. The van der Waals surface area contributed by atoms with Crippen LogP contribution in [0.2, 0.25) is 0 Å². The SMILES string of the molecule is Cc1noc(C)c1COc1cccc(C(=O)NC(c2ccc(F)cc2)c2nccn2C)c1. The highest BCUT2D eigenvalue weighted by Crippen LogP contribution is 2.23. The lowest BCUT2D eigenvalue weighted by atomic mass is 10.0. The van der Waals surface area contributed by atoms with E-state index in [1.165, 1.54) is 12.1 Å². The number of carbonyl (C=O) groups is 1. The molecule has 8 heteroatoms.